The molecule has 2 aromatic rings. The first kappa shape index (κ1) is 19.6. The van der Waals surface area contributed by atoms with E-state index in [4.69, 9.17) is 14.2 Å². The molecule has 0 aromatic heterocycles. The summed E-state index contributed by atoms with van der Waals surface area (Å²) in [6, 6.07) is 5.21. The number of fused-ring (bicyclic) bond motifs is 1. The Morgan fingerprint density at radius 2 is 1.54 bits per heavy atom. The summed E-state index contributed by atoms with van der Waals surface area (Å²) in [5.74, 6) is 0.121. The lowest BCUT2D eigenvalue weighted by Crippen LogP contribution is -2.21. The smallest absolute Gasteiger partial charge is 0.416 e. The number of benzene rings is 2. The van der Waals surface area contributed by atoms with Gasteiger partial charge in [0.25, 0.3) is 5.91 Å². The van der Waals surface area contributed by atoms with Crippen LogP contribution in [0.25, 0.3) is 0 Å². The highest BCUT2D eigenvalue weighted by atomic mass is 19.4. The molecule has 3 rings (SSSR count). The summed E-state index contributed by atoms with van der Waals surface area (Å²) >= 11 is 0. The summed E-state index contributed by atoms with van der Waals surface area (Å²) in [7, 11) is 0. The van der Waals surface area contributed by atoms with Crippen molar-refractivity contribution >= 4 is 11.6 Å². The van der Waals surface area contributed by atoms with Crippen LogP contribution in [0.15, 0.2) is 36.4 Å². The van der Waals surface area contributed by atoms with Crippen molar-refractivity contribution in [2.75, 3.05) is 18.7 Å². The quantitative estimate of drug-likeness (QED) is 0.760. The SMILES string of the molecule is O=C(COc1ccc2c(c1)OCO2)Nc1cc(C(F)(F)F)cc(C(F)(F)F)c1. The zero-order valence-electron chi connectivity index (χ0n) is 13.8. The Balaban J connectivity index is 1.71. The minimum Gasteiger partial charge on any atom is -0.484 e. The van der Waals surface area contributed by atoms with Crippen molar-refractivity contribution in [2.45, 2.75) is 12.4 Å². The molecule has 2 aromatic carbocycles. The summed E-state index contributed by atoms with van der Waals surface area (Å²) in [4.78, 5) is 11.9. The van der Waals surface area contributed by atoms with Gasteiger partial charge in [-0.15, -0.1) is 0 Å². The average molecular weight is 407 g/mol. The molecule has 5 nitrogen and oxygen atoms in total. The van der Waals surface area contributed by atoms with Gasteiger partial charge in [-0.1, -0.05) is 0 Å². The zero-order chi connectivity index (χ0) is 20.5. The van der Waals surface area contributed by atoms with Crippen molar-refractivity contribution in [3.8, 4) is 17.2 Å². The van der Waals surface area contributed by atoms with Gasteiger partial charge in [0, 0.05) is 11.8 Å². The molecular weight excluding hydrogens is 396 g/mol. The number of anilines is 1. The van der Waals surface area contributed by atoms with E-state index in [0.717, 1.165) is 0 Å². The average Bonchev–Trinajstić information content (AvgIpc) is 3.06. The van der Waals surface area contributed by atoms with Crippen molar-refractivity contribution in [2.24, 2.45) is 0 Å². The second kappa shape index (κ2) is 7.13. The number of carbonyl (C=O) groups excluding carboxylic acids is 1. The number of nitrogens with one attached hydrogen (secondary N) is 1. The zero-order valence-corrected chi connectivity index (χ0v) is 13.8. The molecule has 1 N–H and O–H groups in total. The molecule has 0 atom stereocenters. The molecule has 150 valence electrons. The van der Waals surface area contributed by atoms with Crippen molar-refractivity contribution in [1.29, 1.82) is 0 Å². The molecule has 1 aliphatic heterocycles. The van der Waals surface area contributed by atoms with Gasteiger partial charge in [0.15, 0.2) is 18.1 Å². The Kier molecular flexibility index (Phi) is 5.01. The van der Waals surface area contributed by atoms with Crippen LogP contribution in [-0.2, 0) is 17.1 Å². The molecule has 0 unspecified atom stereocenters. The number of hydrogen-bond acceptors (Lipinski definition) is 4. The van der Waals surface area contributed by atoms with Crippen molar-refractivity contribution in [1.82, 2.24) is 0 Å². The Labute approximate surface area is 153 Å². The second-order valence-electron chi connectivity index (χ2n) is 5.65. The van der Waals surface area contributed by atoms with Gasteiger partial charge in [-0.2, -0.15) is 26.3 Å². The number of alkyl halides is 6. The highest BCUT2D eigenvalue weighted by Gasteiger charge is 2.37. The highest BCUT2D eigenvalue weighted by Crippen LogP contribution is 2.38. The Morgan fingerprint density at radius 3 is 2.14 bits per heavy atom. The number of halogens is 6. The van der Waals surface area contributed by atoms with Crippen LogP contribution in [0, 0.1) is 0 Å². The van der Waals surface area contributed by atoms with Gasteiger partial charge in [0.05, 0.1) is 11.1 Å². The molecule has 0 bridgehead atoms. The van der Waals surface area contributed by atoms with Crippen molar-refractivity contribution < 1.29 is 45.3 Å². The van der Waals surface area contributed by atoms with E-state index in [0.29, 0.717) is 23.6 Å². The fourth-order valence-electron chi connectivity index (χ4n) is 2.34. The largest absolute Gasteiger partial charge is 0.484 e. The van der Waals surface area contributed by atoms with Gasteiger partial charge < -0.3 is 19.5 Å². The van der Waals surface area contributed by atoms with Gasteiger partial charge in [-0.05, 0) is 30.3 Å². The summed E-state index contributed by atoms with van der Waals surface area (Å²) in [5.41, 5.74) is -3.72. The molecule has 1 aliphatic rings. The summed E-state index contributed by atoms with van der Waals surface area (Å²) < 4.78 is 92.3. The maximum Gasteiger partial charge on any atom is 0.416 e. The number of carbonyl (C=O) groups is 1. The molecule has 0 aliphatic carbocycles. The normalized spacial score (nSPS) is 13.4. The first-order valence-electron chi connectivity index (χ1n) is 7.64. The summed E-state index contributed by atoms with van der Waals surface area (Å²) in [6.07, 6.45) is -10.0. The third-order valence-corrected chi connectivity index (χ3v) is 3.59. The van der Waals surface area contributed by atoms with Crippen molar-refractivity contribution in [3.05, 3.63) is 47.5 Å². The van der Waals surface area contributed by atoms with Crippen LogP contribution in [-0.4, -0.2) is 19.3 Å². The number of amides is 1. The maximum atomic E-state index is 12.8. The molecule has 0 radical (unpaired) electrons. The molecule has 0 fully saturated rings. The molecule has 1 amide bonds. The lowest BCUT2D eigenvalue weighted by molar-refractivity contribution is -0.143. The molecule has 0 saturated carbocycles. The van der Waals surface area contributed by atoms with E-state index < -0.39 is 41.7 Å². The van der Waals surface area contributed by atoms with Gasteiger partial charge in [-0.25, -0.2) is 0 Å². The molecule has 1 heterocycles. The van der Waals surface area contributed by atoms with Gasteiger partial charge in [0.2, 0.25) is 6.79 Å². The fraction of sp³-hybridized carbons (Fsp3) is 0.235. The fourth-order valence-corrected chi connectivity index (χ4v) is 2.34. The maximum absolute atomic E-state index is 12.8. The van der Waals surface area contributed by atoms with E-state index in [1.165, 1.54) is 18.2 Å². The van der Waals surface area contributed by atoms with Gasteiger partial charge in [0.1, 0.15) is 5.75 Å². The predicted octanol–water partition coefficient (Wildman–Crippen LogP) is 4.47. The van der Waals surface area contributed by atoms with E-state index in [1.807, 2.05) is 5.32 Å². The van der Waals surface area contributed by atoms with Crippen LogP contribution in [0.2, 0.25) is 0 Å². The number of hydrogen-bond donors (Lipinski definition) is 1. The monoisotopic (exact) mass is 407 g/mol. The summed E-state index contributed by atoms with van der Waals surface area (Å²) in [6.45, 7) is -0.617. The predicted molar refractivity (Wildman–Crippen MR) is 83.1 cm³/mol. The minimum absolute atomic E-state index is 0.0242. The number of rotatable bonds is 4. The van der Waals surface area contributed by atoms with E-state index >= 15 is 0 Å². The second-order valence-corrected chi connectivity index (χ2v) is 5.65. The van der Waals surface area contributed by atoms with Crippen LogP contribution < -0.4 is 19.5 Å². The molecular formula is C17H11F6NO4. The molecule has 11 heteroatoms. The number of ether oxygens (including phenoxy) is 3. The lowest BCUT2D eigenvalue weighted by atomic mass is 10.1. The van der Waals surface area contributed by atoms with Crippen molar-refractivity contribution in [3.63, 3.8) is 0 Å². The van der Waals surface area contributed by atoms with Crippen LogP contribution in [0.4, 0.5) is 32.0 Å². The van der Waals surface area contributed by atoms with E-state index in [1.54, 1.807) is 0 Å². The van der Waals surface area contributed by atoms with Crippen LogP contribution >= 0.6 is 0 Å². The first-order valence-corrected chi connectivity index (χ1v) is 7.64. The third kappa shape index (κ3) is 4.59. The van der Waals surface area contributed by atoms with Crippen LogP contribution in [0.3, 0.4) is 0 Å². The third-order valence-electron chi connectivity index (χ3n) is 3.59. The Bertz CT molecular complexity index is 862. The topological polar surface area (TPSA) is 56.8 Å². The highest BCUT2D eigenvalue weighted by molar-refractivity contribution is 5.92. The van der Waals surface area contributed by atoms with Crippen LogP contribution in [0.5, 0.6) is 17.2 Å². The Hall–Kier alpha value is -3.11. The van der Waals surface area contributed by atoms with E-state index in [2.05, 4.69) is 0 Å². The van der Waals surface area contributed by atoms with E-state index in [9.17, 15) is 31.1 Å². The van der Waals surface area contributed by atoms with E-state index in [-0.39, 0.29) is 18.6 Å². The molecule has 0 spiro atoms. The molecule has 28 heavy (non-hydrogen) atoms. The standard InChI is InChI=1S/C17H11F6NO4/c18-16(19,20)9-3-10(17(21,22)23)5-11(4-9)24-15(25)7-26-12-1-2-13-14(6-12)28-8-27-13/h1-6H,7-8H2,(H,24,25). The molecule has 0 saturated heterocycles. The minimum atomic E-state index is -5.01. The Morgan fingerprint density at radius 1 is 0.929 bits per heavy atom. The van der Waals surface area contributed by atoms with Crippen LogP contribution in [0.1, 0.15) is 11.1 Å². The van der Waals surface area contributed by atoms with Gasteiger partial charge >= 0.3 is 12.4 Å². The summed E-state index contributed by atoms with van der Waals surface area (Å²) in [5, 5.41) is 1.97. The first-order chi connectivity index (χ1) is 13.0. The van der Waals surface area contributed by atoms with Gasteiger partial charge in [-0.3, -0.25) is 4.79 Å². The lowest BCUT2D eigenvalue weighted by Gasteiger charge is -2.15.